The van der Waals surface area contributed by atoms with Gasteiger partial charge in [0.1, 0.15) is 5.60 Å². The molecule has 0 aromatic heterocycles. The molecule has 0 amide bonds. The minimum absolute atomic E-state index is 0.0316. The maximum Gasteiger partial charge on any atom is 0.105 e. The van der Waals surface area contributed by atoms with Gasteiger partial charge in [-0.1, -0.05) is 19.3 Å². The van der Waals surface area contributed by atoms with Crippen LogP contribution in [0, 0.1) is 5.92 Å². The number of aliphatic hydroxyl groups is 1. The van der Waals surface area contributed by atoms with Crippen molar-refractivity contribution in [2.75, 3.05) is 13.2 Å². The van der Waals surface area contributed by atoms with Gasteiger partial charge in [0.05, 0.1) is 6.10 Å². The van der Waals surface area contributed by atoms with E-state index in [1.165, 1.54) is 25.7 Å². The molecule has 3 unspecified atom stereocenters. The third-order valence-corrected chi connectivity index (χ3v) is 4.33. The summed E-state index contributed by atoms with van der Waals surface area (Å²) in [6.45, 7) is 5.55. The van der Waals surface area contributed by atoms with Gasteiger partial charge in [-0.15, -0.1) is 0 Å². The fraction of sp³-hybridized carbons (Fsp3) is 1.00. The molecule has 3 heteroatoms. The van der Waals surface area contributed by atoms with E-state index in [9.17, 15) is 5.11 Å². The quantitative estimate of drug-likeness (QED) is 0.751. The van der Waals surface area contributed by atoms with Crippen molar-refractivity contribution in [2.24, 2.45) is 5.92 Å². The Labute approximate surface area is 98.6 Å². The van der Waals surface area contributed by atoms with Crippen molar-refractivity contribution in [2.45, 2.75) is 63.7 Å². The molecule has 0 radical (unpaired) electrons. The zero-order valence-corrected chi connectivity index (χ0v) is 10.5. The zero-order valence-electron chi connectivity index (χ0n) is 10.5. The lowest BCUT2D eigenvalue weighted by molar-refractivity contribution is -0.0279. The number of nitrogens with one attached hydrogen (secondary N) is 1. The highest BCUT2D eigenvalue weighted by Gasteiger charge is 2.39. The predicted octanol–water partition coefficient (Wildman–Crippen LogP) is 1.69. The molecule has 16 heavy (non-hydrogen) atoms. The van der Waals surface area contributed by atoms with Crippen LogP contribution in [0.15, 0.2) is 0 Å². The Morgan fingerprint density at radius 2 is 2.25 bits per heavy atom. The first kappa shape index (κ1) is 12.3. The Kier molecular flexibility index (Phi) is 3.88. The van der Waals surface area contributed by atoms with Gasteiger partial charge in [0.2, 0.25) is 0 Å². The number of hydrogen-bond acceptors (Lipinski definition) is 3. The van der Waals surface area contributed by atoms with Gasteiger partial charge in [0.25, 0.3) is 0 Å². The first-order chi connectivity index (χ1) is 7.60. The van der Waals surface area contributed by atoms with Gasteiger partial charge in [-0.3, -0.25) is 0 Å². The van der Waals surface area contributed by atoms with Crippen LogP contribution < -0.4 is 5.32 Å². The van der Waals surface area contributed by atoms with Gasteiger partial charge in [-0.05, 0) is 26.2 Å². The number of ether oxygens (including phenoxy) is 1. The van der Waals surface area contributed by atoms with Crippen molar-refractivity contribution < 1.29 is 9.84 Å². The summed E-state index contributed by atoms with van der Waals surface area (Å²) >= 11 is 0. The highest BCUT2D eigenvalue weighted by Crippen LogP contribution is 2.30. The summed E-state index contributed by atoms with van der Waals surface area (Å²) in [5, 5.41) is 13.8. The summed E-state index contributed by atoms with van der Waals surface area (Å²) < 4.78 is 5.42. The van der Waals surface area contributed by atoms with Crippen LogP contribution in [-0.2, 0) is 4.74 Å². The molecule has 1 heterocycles. The zero-order chi connectivity index (χ0) is 11.6. The van der Waals surface area contributed by atoms with Gasteiger partial charge in [0, 0.05) is 25.6 Å². The average Bonchev–Trinajstić information content (AvgIpc) is 2.51. The summed E-state index contributed by atoms with van der Waals surface area (Å²) in [6.07, 6.45) is 6.19. The third-order valence-electron chi connectivity index (χ3n) is 4.33. The van der Waals surface area contributed by atoms with Gasteiger partial charge in [-0.25, -0.2) is 0 Å². The number of hydrogen-bond donors (Lipinski definition) is 2. The molecule has 1 aliphatic heterocycles. The lowest BCUT2D eigenvalue weighted by atomic mass is 9.81. The normalized spacial score (nSPS) is 37.3. The lowest BCUT2D eigenvalue weighted by Gasteiger charge is -2.31. The van der Waals surface area contributed by atoms with Crippen molar-refractivity contribution >= 4 is 0 Å². The van der Waals surface area contributed by atoms with Gasteiger partial charge < -0.3 is 15.2 Å². The van der Waals surface area contributed by atoms with E-state index in [2.05, 4.69) is 12.2 Å². The van der Waals surface area contributed by atoms with Crippen LogP contribution in [0.4, 0.5) is 0 Å². The second-order valence-electron chi connectivity index (χ2n) is 5.68. The fourth-order valence-electron chi connectivity index (χ4n) is 2.67. The van der Waals surface area contributed by atoms with Crippen LogP contribution in [0.2, 0.25) is 0 Å². The van der Waals surface area contributed by atoms with E-state index in [0.717, 1.165) is 12.3 Å². The Morgan fingerprint density at radius 3 is 2.75 bits per heavy atom. The second-order valence-corrected chi connectivity index (χ2v) is 5.68. The Morgan fingerprint density at radius 1 is 1.50 bits per heavy atom. The summed E-state index contributed by atoms with van der Waals surface area (Å²) in [6, 6.07) is 0.516. The van der Waals surface area contributed by atoms with E-state index < -0.39 is 5.60 Å². The van der Waals surface area contributed by atoms with Crippen molar-refractivity contribution in [3.05, 3.63) is 0 Å². The first-order valence-electron chi connectivity index (χ1n) is 6.67. The van der Waals surface area contributed by atoms with Crippen molar-refractivity contribution in [3.63, 3.8) is 0 Å². The molecule has 1 aliphatic carbocycles. The molecule has 0 aromatic rings. The van der Waals surface area contributed by atoms with E-state index in [1.54, 1.807) is 0 Å². The monoisotopic (exact) mass is 227 g/mol. The molecule has 3 atom stereocenters. The molecule has 0 aromatic carbocycles. The van der Waals surface area contributed by atoms with Crippen LogP contribution in [0.25, 0.3) is 0 Å². The van der Waals surface area contributed by atoms with Crippen LogP contribution in [0.1, 0.15) is 46.0 Å². The van der Waals surface area contributed by atoms with Crippen LogP contribution in [0.3, 0.4) is 0 Å². The molecule has 2 N–H and O–H groups in total. The lowest BCUT2D eigenvalue weighted by Crippen LogP contribution is -2.48. The summed E-state index contributed by atoms with van der Waals surface area (Å²) in [7, 11) is 0. The van der Waals surface area contributed by atoms with Gasteiger partial charge in [0.15, 0.2) is 0 Å². The molecule has 1 saturated heterocycles. The minimum Gasteiger partial charge on any atom is -0.386 e. The van der Waals surface area contributed by atoms with Crippen molar-refractivity contribution in [3.8, 4) is 0 Å². The molecule has 2 aliphatic rings. The van der Waals surface area contributed by atoms with Gasteiger partial charge in [-0.2, -0.15) is 0 Å². The van der Waals surface area contributed by atoms with Crippen LogP contribution in [-0.4, -0.2) is 36.0 Å². The standard InChI is InChI=1S/C13H25NO2/c1-10(8-12-4-3-5-12)14-9-13(15)6-7-16-11(13)2/h10-12,14-15H,3-9H2,1-2H3. The van der Waals surface area contributed by atoms with E-state index in [0.29, 0.717) is 19.2 Å². The topological polar surface area (TPSA) is 41.5 Å². The second kappa shape index (κ2) is 5.03. The molecular formula is C13H25NO2. The molecule has 0 bridgehead atoms. The first-order valence-corrected chi connectivity index (χ1v) is 6.67. The smallest absolute Gasteiger partial charge is 0.105 e. The van der Waals surface area contributed by atoms with E-state index >= 15 is 0 Å². The summed E-state index contributed by atoms with van der Waals surface area (Å²) in [4.78, 5) is 0. The third kappa shape index (κ3) is 2.76. The largest absolute Gasteiger partial charge is 0.386 e. The molecule has 1 saturated carbocycles. The van der Waals surface area contributed by atoms with E-state index in [1.807, 2.05) is 6.92 Å². The SMILES string of the molecule is CC(CC1CCC1)NCC1(O)CCOC1C. The minimum atomic E-state index is -0.645. The summed E-state index contributed by atoms with van der Waals surface area (Å²) in [5.41, 5.74) is -0.645. The average molecular weight is 227 g/mol. The van der Waals surface area contributed by atoms with Gasteiger partial charge >= 0.3 is 0 Å². The molecule has 3 nitrogen and oxygen atoms in total. The Bertz CT molecular complexity index is 230. The maximum atomic E-state index is 10.3. The highest BCUT2D eigenvalue weighted by atomic mass is 16.5. The molecule has 0 spiro atoms. The predicted molar refractivity (Wildman–Crippen MR) is 64.4 cm³/mol. The van der Waals surface area contributed by atoms with E-state index in [4.69, 9.17) is 4.74 Å². The fourth-order valence-corrected chi connectivity index (χ4v) is 2.67. The molecule has 94 valence electrons. The van der Waals surface area contributed by atoms with Crippen LogP contribution in [0.5, 0.6) is 0 Å². The summed E-state index contributed by atoms with van der Waals surface area (Å²) in [5.74, 6) is 0.925. The van der Waals surface area contributed by atoms with Crippen molar-refractivity contribution in [1.82, 2.24) is 5.32 Å². The maximum absolute atomic E-state index is 10.3. The Balaban J connectivity index is 1.69. The number of rotatable bonds is 5. The molecule has 2 rings (SSSR count). The molecule has 2 fully saturated rings. The highest BCUT2D eigenvalue weighted by molar-refractivity contribution is 4.92. The Hall–Kier alpha value is -0.120. The van der Waals surface area contributed by atoms with Crippen molar-refractivity contribution in [1.29, 1.82) is 0 Å². The van der Waals surface area contributed by atoms with Crippen LogP contribution >= 0.6 is 0 Å². The van der Waals surface area contributed by atoms with E-state index in [-0.39, 0.29) is 6.10 Å². The molecular weight excluding hydrogens is 202 g/mol.